The number of rotatable bonds is 2. The van der Waals surface area contributed by atoms with Gasteiger partial charge in [0.05, 0.1) is 13.2 Å². The van der Waals surface area contributed by atoms with Crippen LogP contribution in [0.5, 0.6) is 0 Å². The maximum Gasteiger partial charge on any atom is 0.200 e. The summed E-state index contributed by atoms with van der Waals surface area (Å²) in [6.07, 6.45) is 0. The van der Waals surface area contributed by atoms with Crippen molar-refractivity contribution < 1.29 is 9.64 Å². The Morgan fingerprint density at radius 2 is 1.88 bits per heavy atom. The minimum Gasteiger partial charge on any atom is -0.370 e. The van der Waals surface area contributed by atoms with Crippen LogP contribution < -0.4 is 4.90 Å². The van der Waals surface area contributed by atoms with Gasteiger partial charge in [0.15, 0.2) is 0 Å². The highest BCUT2D eigenvalue weighted by atomic mass is 79.9. The number of hydrogen-bond acceptors (Lipinski definition) is 2. The molecule has 0 aromatic heterocycles. The lowest BCUT2D eigenvalue weighted by Crippen LogP contribution is -3.14. The van der Waals surface area contributed by atoms with Gasteiger partial charge in [-0.3, -0.25) is 0 Å². The van der Waals surface area contributed by atoms with Gasteiger partial charge in [-0.2, -0.15) is 5.26 Å². The summed E-state index contributed by atoms with van der Waals surface area (Å²) in [5.41, 5.74) is 1.09. The van der Waals surface area contributed by atoms with Gasteiger partial charge in [-0.1, -0.05) is 28.1 Å². The molecule has 1 N–H and O–H groups in total. The van der Waals surface area contributed by atoms with Gasteiger partial charge in [0.25, 0.3) is 0 Å². The number of quaternary nitrogens is 1. The molecule has 1 saturated heterocycles. The summed E-state index contributed by atoms with van der Waals surface area (Å²) in [4.78, 5) is 1.30. The number of ether oxygens (including phenoxy) is 1. The molecule has 0 amide bonds. The van der Waals surface area contributed by atoms with Crippen molar-refractivity contribution in [3.8, 4) is 6.07 Å². The zero-order valence-electron chi connectivity index (χ0n) is 8.95. The van der Waals surface area contributed by atoms with Crippen LogP contribution in [-0.4, -0.2) is 26.3 Å². The van der Waals surface area contributed by atoms with Crippen LogP contribution in [-0.2, 0) is 4.74 Å². The molecule has 1 aliphatic rings. The molecule has 1 aromatic rings. The molecule has 84 valence electrons. The summed E-state index contributed by atoms with van der Waals surface area (Å²) in [5, 5.41) is 9.28. The zero-order chi connectivity index (χ0) is 11.4. The monoisotopic (exact) mass is 281 g/mol. The Morgan fingerprint density at radius 1 is 1.25 bits per heavy atom. The second kappa shape index (κ2) is 5.44. The van der Waals surface area contributed by atoms with Crippen LogP contribution >= 0.6 is 15.9 Å². The number of morpholine rings is 1. The van der Waals surface area contributed by atoms with Crippen molar-refractivity contribution in [1.29, 1.82) is 5.26 Å². The van der Waals surface area contributed by atoms with Crippen molar-refractivity contribution in [1.82, 2.24) is 0 Å². The second-order valence-electron chi connectivity index (χ2n) is 3.88. The fraction of sp³-hybridized carbons (Fsp3) is 0.417. The molecule has 1 atom stereocenters. The minimum atomic E-state index is -0.0722. The standard InChI is InChI=1S/C12H13BrN2O/c13-11-3-1-10(2-4-11)12(9-14)15-5-7-16-8-6-15/h1-4,12H,5-8H2/p+1/t12-/m0/s1. The third-order valence-corrected chi connectivity index (χ3v) is 3.40. The van der Waals surface area contributed by atoms with Gasteiger partial charge >= 0.3 is 0 Å². The summed E-state index contributed by atoms with van der Waals surface area (Å²) < 4.78 is 6.36. The van der Waals surface area contributed by atoms with Gasteiger partial charge in [-0.05, 0) is 12.1 Å². The van der Waals surface area contributed by atoms with Gasteiger partial charge in [-0.25, -0.2) is 0 Å². The first kappa shape index (κ1) is 11.6. The second-order valence-corrected chi connectivity index (χ2v) is 4.80. The molecule has 0 aliphatic carbocycles. The first-order valence-corrected chi connectivity index (χ1v) is 6.18. The van der Waals surface area contributed by atoms with E-state index in [0.29, 0.717) is 0 Å². The van der Waals surface area contributed by atoms with Crippen molar-refractivity contribution in [2.24, 2.45) is 0 Å². The van der Waals surface area contributed by atoms with Gasteiger partial charge in [-0.15, -0.1) is 0 Å². The molecule has 2 rings (SSSR count). The lowest BCUT2D eigenvalue weighted by molar-refractivity contribution is -0.930. The normalized spacial score (nSPS) is 19.0. The maximum atomic E-state index is 9.28. The average Bonchev–Trinajstić information content (AvgIpc) is 2.34. The third kappa shape index (κ3) is 2.62. The number of halogens is 1. The van der Waals surface area contributed by atoms with Crippen LogP contribution in [0.1, 0.15) is 11.6 Å². The molecule has 0 radical (unpaired) electrons. The Hall–Kier alpha value is -0.890. The first-order valence-electron chi connectivity index (χ1n) is 5.38. The third-order valence-electron chi connectivity index (χ3n) is 2.88. The number of nitriles is 1. The van der Waals surface area contributed by atoms with E-state index >= 15 is 0 Å². The largest absolute Gasteiger partial charge is 0.370 e. The Bertz CT molecular complexity index is 379. The maximum absolute atomic E-state index is 9.28. The molecule has 16 heavy (non-hydrogen) atoms. The summed E-state index contributed by atoms with van der Waals surface area (Å²) in [6.45, 7) is 3.33. The van der Waals surface area contributed by atoms with Crippen LogP contribution in [0, 0.1) is 11.3 Å². The molecule has 0 saturated carbocycles. The smallest absolute Gasteiger partial charge is 0.200 e. The van der Waals surface area contributed by atoms with E-state index in [-0.39, 0.29) is 6.04 Å². The van der Waals surface area contributed by atoms with E-state index in [1.54, 1.807) is 0 Å². The topological polar surface area (TPSA) is 37.5 Å². The number of nitrogens with one attached hydrogen (secondary N) is 1. The Morgan fingerprint density at radius 3 is 2.44 bits per heavy atom. The number of benzene rings is 1. The Balaban J connectivity index is 2.15. The molecule has 1 aromatic carbocycles. The van der Waals surface area contributed by atoms with Crippen LogP contribution in [0.2, 0.25) is 0 Å². The predicted octanol–water partition coefficient (Wildman–Crippen LogP) is 0.929. The van der Waals surface area contributed by atoms with Gasteiger partial charge < -0.3 is 9.64 Å². The molecule has 1 heterocycles. The highest BCUT2D eigenvalue weighted by molar-refractivity contribution is 9.10. The minimum absolute atomic E-state index is 0.0722. The van der Waals surface area contributed by atoms with Crippen LogP contribution in [0.25, 0.3) is 0 Å². The Kier molecular flexibility index (Phi) is 3.94. The van der Waals surface area contributed by atoms with Crippen molar-refractivity contribution in [3.05, 3.63) is 34.3 Å². The molecule has 3 nitrogen and oxygen atoms in total. The summed E-state index contributed by atoms with van der Waals surface area (Å²) >= 11 is 3.40. The molecule has 4 heteroatoms. The number of hydrogen-bond donors (Lipinski definition) is 1. The fourth-order valence-corrected chi connectivity index (χ4v) is 2.24. The zero-order valence-corrected chi connectivity index (χ0v) is 10.5. The predicted molar refractivity (Wildman–Crippen MR) is 64.0 cm³/mol. The van der Waals surface area contributed by atoms with E-state index in [1.165, 1.54) is 4.90 Å². The lowest BCUT2D eigenvalue weighted by atomic mass is 10.1. The molecule has 1 fully saturated rings. The van der Waals surface area contributed by atoms with Crippen LogP contribution in [0.3, 0.4) is 0 Å². The molecule has 1 aliphatic heterocycles. The van der Waals surface area contributed by atoms with E-state index < -0.39 is 0 Å². The summed E-state index contributed by atoms with van der Waals surface area (Å²) in [5.74, 6) is 0. The number of nitrogens with zero attached hydrogens (tertiary/aromatic N) is 1. The quantitative estimate of drug-likeness (QED) is 0.876. The highest BCUT2D eigenvalue weighted by Gasteiger charge is 2.25. The first-order chi connectivity index (χ1) is 7.81. The lowest BCUT2D eigenvalue weighted by Gasteiger charge is -2.27. The fourth-order valence-electron chi connectivity index (χ4n) is 1.98. The molecule has 0 bridgehead atoms. The van der Waals surface area contributed by atoms with Crippen molar-refractivity contribution in [2.75, 3.05) is 26.3 Å². The van der Waals surface area contributed by atoms with E-state index in [4.69, 9.17) is 4.74 Å². The van der Waals surface area contributed by atoms with E-state index in [9.17, 15) is 5.26 Å². The van der Waals surface area contributed by atoms with E-state index in [2.05, 4.69) is 22.0 Å². The summed E-state index contributed by atoms with van der Waals surface area (Å²) in [6, 6.07) is 10.3. The highest BCUT2D eigenvalue weighted by Crippen LogP contribution is 2.14. The summed E-state index contributed by atoms with van der Waals surface area (Å²) in [7, 11) is 0. The molecule has 0 unspecified atom stereocenters. The van der Waals surface area contributed by atoms with Crippen molar-refractivity contribution >= 4 is 15.9 Å². The molecular formula is C12H14BrN2O+. The van der Waals surface area contributed by atoms with E-state index in [0.717, 1.165) is 36.3 Å². The van der Waals surface area contributed by atoms with E-state index in [1.807, 2.05) is 24.3 Å². The van der Waals surface area contributed by atoms with Gasteiger partial charge in [0.1, 0.15) is 19.2 Å². The van der Waals surface area contributed by atoms with Crippen molar-refractivity contribution in [2.45, 2.75) is 6.04 Å². The SMILES string of the molecule is N#C[C@@H](c1ccc(Br)cc1)[NH+]1CCOCC1. The van der Waals surface area contributed by atoms with Gasteiger partial charge in [0, 0.05) is 10.0 Å². The Labute approximate surface area is 104 Å². The van der Waals surface area contributed by atoms with Gasteiger partial charge in [0.2, 0.25) is 6.04 Å². The average molecular weight is 282 g/mol. The van der Waals surface area contributed by atoms with Crippen LogP contribution in [0.4, 0.5) is 0 Å². The molecule has 0 spiro atoms. The molecular weight excluding hydrogens is 268 g/mol. The van der Waals surface area contributed by atoms with Crippen molar-refractivity contribution in [3.63, 3.8) is 0 Å². The van der Waals surface area contributed by atoms with Crippen LogP contribution in [0.15, 0.2) is 28.7 Å².